The number of rotatable bonds is 7. The van der Waals surface area contributed by atoms with Gasteiger partial charge in [-0.3, -0.25) is 14.6 Å². The van der Waals surface area contributed by atoms with Crippen LogP contribution in [0.2, 0.25) is 0 Å². The molecule has 2 amide bonds. The Hall–Kier alpha value is -3.41. The predicted octanol–water partition coefficient (Wildman–Crippen LogP) is 3.72. The van der Waals surface area contributed by atoms with E-state index in [1.807, 2.05) is 53.4 Å². The first-order valence-corrected chi connectivity index (χ1v) is 9.97. The number of likely N-dealkylation sites (tertiary alicyclic amines) is 1. The van der Waals surface area contributed by atoms with Gasteiger partial charge in [0.1, 0.15) is 0 Å². The molecule has 0 bridgehead atoms. The maximum Gasteiger partial charge on any atom is 0.251 e. The van der Waals surface area contributed by atoms with Crippen LogP contribution in [0.5, 0.6) is 0 Å². The molecule has 2 heterocycles. The van der Waals surface area contributed by atoms with Gasteiger partial charge in [-0.05, 0) is 55.3 Å². The second-order valence-electron chi connectivity index (χ2n) is 7.21. The van der Waals surface area contributed by atoms with Gasteiger partial charge in [0.15, 0.2) is 0 Å². The Morgan fingerprint density at radius 2 is 1.97 bits per heavy atom. The third-order valence-corrected chi connectivity index (χ3v) is 5.08. The predicted molar refractivity (Wildman–Crippen MR) is 114 cm³/mol. The molecule has 0 radical (unpaired) electrons. The number of anilines is 2. The normalized spacial score (nSPS) is 13.7. The Kier molecular flexibility index (Phi) is 5.70. The fourth-order valence-corrected chi connectivity index (χ4v) is 3.57. The number of hydrogen-bond acceptors (Lipinski definition) is 4. The molecule has 6 heteroatoms. The summed E-state index contributed by atoms with van der Waals surface area (Å²) in [5, 5.41) is 7.35. The highest BCUT2D eigenvalue weighted by molar-refractivity contribution is 5.95. The first kappa shape index (κ1) is 18.9. The Balaban J connectivity index is 1.33. The zero-order valence-corrected chi connectivity index (χ0v) is 16.2. The first-order valence-electron chi connectivity index (χ1n) is 9.97. The number of pyridine rings is 1. The van der Waals surface area contributed by atoms with E-state index < -0.39 is 0 Å². The minimum Gasteiger partial charge on any atom is -0.355 e. The number of aromatic nitrogens is 1. The van der Waals surface area contributed by atoms with Gasteiger partial charge in [-0.1, -0.05) is 12.1 Å². The molecule has 1 aliphatic rings. The van der Waals surface area contributed by atoms with Crippen LogP contribution in [0.4, 0.5) is 11.4 Å². The van der Waals surface area contributed by atoms with E-state index in [4.69, 9.17) is 0 Å². The van der Waals surface area contributed by atoms with Gasteiger partial charge in [0, 0.05) is 54.6 Å². The van der Waals surface area contributed by atoms with Gasteiger partial charge in [-0.2, -0.15) is 0 Å². The molecule has 2 N–H and O–H groups in total. The average Bonchev–Trinajstić information content (AvgIpc) is 3.16. The number of fused-ring (bicyclic) bond motifs is 1. The van der Waals surface area contributed by atoms with Gasteiger partial charge in [0.25, 0.3) is 5.91 Å². The van der Waals surface area contributed by atoms with Crippen LogP contribution in [0, 0.1) is 0 Å². The van der Waals surface area contributed by atoms with Gasteiger partial charge in [-0.15, -0.1) is 0 Å². The fraction of sp³-hybridized carbons (Fsp3) is 0.261. The van der Waals surface area contributed by atoms with Crippen molar-refractivity contribution in [2.24, 2.45) is 0 Å². The number of carbonyl (C=O) groups excluding carboxylic acids is 2. The summed E-state index contributed by atoms with van der Waals surface area (Å²) < 4.78 is 0. The summed E-state index contributed by atoms with van der Waals surface area (Å²) in [6.45, 7) is 2.10. The van der Waals surface area contributed by atoms with Crippen LogP contribution < -0.4 is 10.6 Å². The molecular weight excluding hydrogens is 364 g/mol. The van der Waals surface area contributed by atoms with E-state index in [1.165, 1.54) is 0 Å². The number of nitrogens with zero attached hydrogens (tertiary/aromatic N) is 2. The maximum atomic E-state index is 12.5. The van der Waals surface area contributed by atoms with Crippen molar-refractivity contribution >= 4 is 34.1 Å². The zero-order valence-electron chi connectivity index (χ0n) is 16.2. The van der Waals surface area contributed by atoms with Crippen LogP contribution in [0.15, 0.2) is 60.8 Å². The number of amides is 2. The minimum absolute atomic E-state index is 0.107. The standard InChI is InChI=1S/C23H24N4O2/c28-22-8-3-13-27(22)14-4-12-25-23(29)18-5-1-7-19(16-18)26-20-9-10-21-17(15-20)6-2-11-24-21/h1-2,5-7,9-11,15-16,26H,3-4,8,12-14H2,(H,25,29). The summed E-state index contributed by atoms with van der Waals surface area (Å²) in [5.74, 6) is 0.115. The van der Waals surface area contributed by atoms with Crippen molar-refractivity contribution in [1.82, 2.24) is 15.2 Å². The van der Waals surface area contributed by atoms with Crippen molar-refractivity contribution in [1.29, 1.82) is 0 Å². The Bertz CT molecular complexity index is 1030. The molecule has 0 saturated carbocycles. The lowest BCUT2D eigenvalue weighted by Gasteiger charge is -2.15. The molecule has 1 aliphatic heterocycles. The SMILES string of the molecule is O=C(NCCCN1CCCC1=O)c1cccc(Nc2ccc3ncccc3c2)c1. The summed E-state index contributed by atoms with van der Waals surface area (Å²) in [6, 6.07) is 17.4. The molecule has 6 nitrogen and oxygen atoms in total. The molecule has 0 atom stereocenters. The van der Waals surface area contributed by atoms with E-state index in [1.54, 1.807) is 12.3 Å². The van der Waals surface area contributed by atoms with Gasteiger partial charge in [-0.25, -0.2) is 0 Å². The Morgan fingerprint density at radius 1 is 1.07 bits per heavy atom. The lowest BCUT2D eigenvalue weighted by molar-refractivity contribution is -0.127. The second-order valence-corrected chi connectivity index (χ2v) is 7.21. The molecule has 4 rings (SSSR count). The van der Waals surface area contributed by atoms with E-state index in [9.17, 15) is 9.59 Å². The van der Waals surface area contributed by atoms with Crippen LogP contribution in [-0.4, -0.2) is 41.3 Å². The highest BCUT2D eigenvalue weighted by atomic mass is 16.2. The third kappa shape index (κ3) is 4.71. The van der Waals surface area contributed by atoms with E-state index in [-0.39, 0.29) is 11.8 Å². The molecule has 1 aromatic heterocycles. The lowest BCUT2D eigenvalue weighted by Crippen LogP contribution is -2.30. The average molecular weight is 388 g/mol. The molecule has 1 saturated heterocycles. The molecule has 29 heavy (non-hydrogen) atoms. The molecule has 148 valence electrons. The quantitative estimate of drug-likeness (QED) is 0.605. The molecular formula is C23H24N4O2. The minimum atomic E-state index is -0.107. The third-order valence-electron chi connectivity index (χ3n) is 5.08. The summed E-state index contributed by atoms with van der Waals surface area (Å²) in [7, 11) is 0. The Morgan fingerprint density at radius 3 is 2.83 bits per heavy atom. The molecule has 0 aliphatic carbocycles. The van der Waals surface area contributed by atoms with Gasteiger partial charge >= 0.3 is 0 Å². The van der Waals surface area contributed by atoms with Crippen LogP contribution in [0.25, 0.3) is 10.9 Å². The molecule has 2 aromatic carbocycles. The van der Waals surface area contributed by atoms with Gasteiger partial charge < -0.3 is 15.5 Å². The number of carbonyl (C=O) groups is 2. The topological polar surface area (TPSA) is 74.3 Å². The number of benzene rings is 2. The Labute approximate surface area is 169 Å². The van der Waals surface area contributed by atoms with Crippen molar-refractivity contribution < 1.29 is 9.59 Å². The van der Waals surface area contributed by atoms with Crippen molar-refractivity contribution in [3.05, 3.63) is 66.4 Å². The van der Waals surface area contributed by atoms with Crippen molar-refractivity contribution in [3.8, 4) is 0 Å². The highest BCUT2D eigenvalue weighted by Gasteiger charge is 2.19. The number of hydrogen-bond donors (Lipinski definition) is 2. The summed E-state index contributed by atoms with van der Waals surface area (Å²) in [5.41, 5.74) is 3.35. The van der Waals surface area contributed by atoms with E-state index in [2.05, 4.69) is 15.6 Å². The van der Waals surface area contributed by atoms with Crippen LogP contribution >= 0.6 is 0 Å². The van der Waals surface area contributed by atoms with Gasteiger partial charge in [0.2, 0.25) is 5.91 Å². The van der Waals surface area contributed by atoms with E-state index >= 15 is 0 Å². The lowest BCUT2D eigenvalue weighted by atomic mass is 10.1. The molecule has 0 spiro atoms. The van der Waals surface area contributed by atoms with Crippen molar-refractivity contribution in [2.75, 3.05) is 25.0 Å². The van der Waals surface area contributed by atoms with Crippen LogP contribution in [0.3, 0.4) is 0 Å². The maximum absolute atomic E-state index is 12.5. The summed E-state index contributed by atoms with van der Waals surface area (Å²) in [6.07, 6.45) is 4.14. The van der Waals surface area contributed by atoms with E-state index in [0.717, 1.165) is 41.7 Å². The monoisotopic (exact) mass is 388 g/mol. The molecule has 3 aromatic rings. The zero-order chi connectivity index (χ0) is 20.1. The largest absolute Gasteiger partial charge is 0.355 e. The number of nitrogens with one attached hydrogen (secondary N) is 2. The fourth-order valence-electron chi connectivity index (χ4n) is 3.57. The molecule has 0 unspecified atom stereocenters. The summed E-state index contributed by atoms with van der Waals surface area (Å²) in [4.78, 5) is 30.3. The first-order chi connectivity index (χ1) is 14.2. The van der Waals surface area contributed by atoms with Crippen molar-refractivity contribution in [3.63, 3.8) is 0 Å². The highest BCUT2D eigenvalue weighted by Crippen LogP contribution is 2.22. The molecule has 1 fully saturated rings. The second kappa shape index (κ2) is 8.73. The smallest absolute Gasteiger partial charge is 0.251 e. The van der Waals surface area contributed by atoms with Crippen molar-refractivity contribution in [2.45, 2.75) is 19.3 Å². The van der Waals surface area contributed by atoms with Gasteiger partial charge in [0.05, 0.1) is 5.52 Å². The summed E-state index contributed by atoms with van der Waals surface area (Å²) >= 11 is 0. The van der Waals surface area contributed by atoms with E-state index in [0.29, 0.717) is 25.1 Å². The van der Waals surface area contributed by atoms with Crippen LogP contribution in [0.1, 0.15) is 29.6 Å². The van der Waals surface area contributed by atoms with Crippen LogP contribution in [-0.2, 0) is 4.79 Å².